The lowest BCUT2D eigenvalue weighted by atomic mass is 10.2. The van der Waals surface area contributed by atoms with Gasteiger partial charge in [0.15, 0.2) is 0 Å². The number of carbonyl (C=O) groups excluding carboxylic acids is 2. The van der Waals surface area contributed by atoms with Gasteiger partial charge in [0, 0.05) is 26.4 Å². The molecule has 0 atom stereocenters. The Morgan fingerprint density at radius 3 is 2.33 bits per heavy atom. The molecule has 0 aliphatic heterocycles. The number of primary amides is 1. The standard InChI is InChI=1S/C14H11BrClN3O2/c15-9-4-8(5-10(16)6-9)13(20)18-11-2-1-3-12(7-11)19-14(17)21/h1-7H,(H,18,20)(H3,17,19,21). The largest absolute Gasteiger partial charge is 0.351 e. The normalized spacial score (nSPS) is 10.0. The van der Waals surface area contributed by atoms with E-state index >= 15 is 0 Å². The van der Waals surface area contributed by atoms with Crippen LogP contribution in [-0.4, -0.2) is 11.9 Å². The maximum Gasteiger partial charge on any atom is 0.316 e. The molecule has 108 valence electrons. The summed E-state index contributed by atoms with van der Waals surface area (Å²) in [6.45, 7) is 0. The van der Waals surface area contributed by atoms with E-state index in [2.05, 4.69) is 26.6 Å². The minimum Gasteiger partial charge on any atom is -0.351 e. The van der Waals surface area contributed by atoms with Crippen molar-refractivity contribution < 1.29 is 9.59 Å². The van der Waals surface area contributed by atoms with Crippen molar-refractivity contribution in [1.82, 2.24) is 0 Å². The number of anilines is 2. The van der Waals surface area contributed by atoms with Crippen LogP contribution >= 0.6 is 27.5 Å². The molecule has 5 nitrogen and oxygen atoms in total. The van der Waals surface area contributed by atoms with E-state index in [0.29, 0.717) is 26.4 Å². The summed E-state index contributed by atoms with van der Waals surface area (Å²) in [5, 5.41) is 5.61. The molecule has 0 aromatic heterocycles. The molecule has 2 aromatic rings. The van der Waals surface area contributed by atoms with Gasteiger partial charge >= 0.3 is 6.03 Å². The highest BCUT2D eigenvalue weighted by Gasteiger charge is 2.08. The Bertz CT molecular complexity index is 686. The third-order valence-electron chi connectivity index (χ3n) is 2.51. The summed E-state index contributed by atoms with van der Waals surface area (Å²) in [5.74, 6) is -0.311. The van der Waals surface area contributed by atoms with E-state index in [1.165, 1.54) is 0 Å². The number of nitrogens with one attached hydrogen (secondary N) is 2. The molecule has 0 fully saturated rings. The zero-order valence-electron chi connectivity index (χ0n) is 10.7. The van der Waals surface area contributed by atoms with Crippen LogP contribution in [-0.2, 0) is 0 Å². The van der Waals surface area contributed by atoms with E-state index in [-0.39, 0.29) is 5.91 Å². The number of urea groups is 1. The van der Waals surface area contributed by atoms with Gasteiger partial charge in [0.1, 0.15) is 0 Å². The SMILES string of the molecule is NC(=O)Nc1cccc(NC(=O)c2cc(Cl)cc(Br)c2)c1. The zero-order chi connectivity index (χ0) is 15.4. The zero-order valence-corrected chi connectivity index (χ0v) is 13.0. The minimum atomic E-state index is -0.669. The van der Waals surface area contributed by atoms with E-state index < -0.39 is 6.03 Å². The summed E-state index contributed by atoms with van der Waals surface area (Å²) in [6, 6.07) is 10.9. The van der Waals surface area contributed by atoms with Crippen LogP contribution < -0.4 is 16.4 Å². The summed E-state index contributed by atoms with van der Waals surface area (Å²) in [7, 11) is 0. The number of carbonyl (C=O) groups is 2. The number of rotatable bonds is 3. The third-order valence-corrected chi connectivity index (χ3v) is 3.19. The number of benzene rings is 2. The molecule has 2 aromatic carbocycles. The second kappa shape index (κ2) is 6.60. The molecule has 21 heavy (non-hydrogen) atoms. The van der Waals surface area contributed by atoms with E-state index in [1.807, 2.05) is 0 Å². The van der Waals surface area contributed by atoms with Crippen LogP contribution in [0.4, 0.5) is 16.2 Å². The summed E-state index contributed by atoms with van der Waals surface area (Å²) in [4.78, 5) is 23.0. The number of hydrogen-bond acceptors (Lipinski definition) is 2. The second-order valence-electron chi connectivity index (χ2n) is 4.18. The molecule has 0 aliphatic rings. The first-order chi connectivity index (χ1) is 9.94. The van der Waals surface area contributed by atoms with Gasteiger partial charge in [0.2, 0.25) is 0 Å². The molecule has 0 unspecified atom stereocenters. The first kappa shape index (κ1) is 15.3. The van der Waals surface area contributed by atoms with Gasteiger partial charge in [-0.1, -0.05) is 33.6 Å². The highest BCUT2D eigenvalue weighted by atomic mass is 79.9. The lowest BCUT2D eigenvalue weighted by Gasteiger charge is -2.08. The van der Waals surface area contributed by atoms with Crippen molar-refractivity contribution in [2.45, 2.75) is 0 Å². The molecule has 4 N–H and O–H groups in total. The van der Waals surface area contributed by atoms with Gasteiger partial charge in [-0.15, -0.1) is 0 Å². The van der Waals surface area contributed by atoms with Crippen molar-refractivity contribution in [3.8, 4) is 0 Å². The maximum atomic E-state index is 12.1. The summed E-state index contributed by atoms with van der Waals surface area (Å²) < 4.78 is 0.712. The molecule has 0 saturated heterocycles. The van der Waals surface area contributed by atoms with Crippen LogP contribution in [0.25, 0.3) is 0 Å². The van der Waals surface area contributed by atoms with Crippen LogP contribution in [0.15, 0.2) is 46.9 Å². The summed E-state index contributed by atoms with van der Waals surface area (Å²) in [6.07, 6.45) is 0. The molecule has 7 heteroatoms. The highest BCUT2D eigenvalue weighted by molar-refractivity contribution is 9.10. The van der Waals surface area contributed by atoms with Gasteiger partial charge in [0.25, 0.3) is 5.91 Å². The molecule has 2 rings (SSSR count). The van der Waals surface area contributed by atoms with Gasteiger partial charge in [0.05, 0.1) is 0 Å². The molecule has 0 aliphatic carbocycles. The Morgan fingerprint density at radius 2 is 1.71 bits per heavy atom. The molecule has 0 radical (unpaired) electrons. The predicted molar refractivity (Wildman–Crippen MR) is 86.8 cm³/mol. The van der Waals surface area contributed by atoms with Crippen molar-refractivity contribution in [1.29, 1.82) is 0 Å². The van der Waals surface area contributed by atoms with Gasteiger partial charge in [-0.2, -0.15) is 0 Å². The van der Waals surface area contributed by atoms with Crippen LogP contribution in [0, 0.1) is 0 Å². The monoisotopic (exact) mass is 367 g/mol. The Hall–Kier alpha value is -2.05. The van der Waals surface area contributed by atoms with Gasteiger partial charge in [-0.05, 0) is 36.4 Å². The Kier molecular flexibility index (Phi) is 4.82. The molecule has 0 bridgehead atoms. The summed E-state index contributed by atoms with van der Waals surface area (Å²) in [5.41, 5.74) is 6.49. The van der Waals surface area contributed by atoms with Crippen LogP contribution in [0.2, 0.25) is 5.02 Å². The molecular weight excluding hydrogens is 358 g/mol. The quantitative estimate of drug-likeness (QED) is 0.769. The molecule has 0 heterocycles. The van der Waals surface area contributed by atoms with Crippen LogP contribution in [0.5, 0.6) is 0 Å². The second-order valence-corrected chi connectivity index (χ2v) is 5.53. The van der Waals surface area contributed by atoms with Crippen molar-refractivity contribution in [3.63, 3.8) is 0 Å². The van der Waals surface area contributed by atoms with Gasteiger partial charge in [-0.3, -0.25) is 4.79 Å². The number of hydrogen-bond donors (Lipinski definition) is 3. The third kappa shape index (κ3) is 4.47. The van der Waals surface area contributed by atoms with Crippen molar-refractivity contribution in [2.24, 2.45) is 5.73 Å². The smallest absolute Gasteiger partial charge is 0.316 e. The van der Waals surface area contributed by atoms with Crippen molar-refractivity contribution >= 4 is 50.8 Å². The fraction of sp³-hybridized carbons (Fsp3) is 0. The number of amides is 3. The van der Waals surface area contributed by atoms with Crippen molar-refractivity contribution in [3.05, 3.63) is 57.5 Å². The van der Waals surface area contributed by atoms with Crippen LogP contribution in [0.3, 0.4) is 0 Å². The van der Waals surface area contributed by atoms with Crippen LogP contribution in [0.1, 0.15) is 10.4 Å². The lowest BCUT2D eigenvalue weighted by molar-refractivity contribution is 0.102. The van der Waals surface area contributed by atoms with Gasteiger partial charge in [-0.25, -0.2) is 4.79 Å². The van der Waals surface area contributed by atoms with E-state index in [4.69, 9.17) is 17.3 Å². The molecule has 3 amide bonds. The first-order valence-electron chi connectivity index (χ1n) is 5.88. The lowest BCUT2D eigenvalue weighted by Crippen LogP contribution is -2.19. The predicted octanol–water partition coefficient (Wildman–Crippen LogP) is 3.85. The fourth-order valence-corrected chi connectivity index (χ4v) is 2.57. The van der Waals surface area contributed by atoms with Gasteiger partial charge < -0.3 is 16.4 Å². The van der Waals surface area contributed by atoms with E-state index in [0.717, 1.165) is 0 Å². The molecular formula is C14H11BrClN3O2. The van der Waals surface area contributed by atoms with E-state index in [1.54, 1.807) is 42.5 Å². The fourth-order valence-electron chi connectivity index (χ4n) is 1.71. The Morgan fingerprint density at radius 1 is 1.05 bits per heavy atom. The number of nitrogens with two attached hydrogens (primary N) is 1. The topological polar surface area (TPSA) is 84.2 Å². The minimum absolute atomic E-state index is 0.311. The molecule has 0 spiro atoms. The first-order valence-corrected chi connectivity index (χ1v) is 7.05. The Balaban J connectivity index is 2.17. The number of halogens is 2. The highest BCUT2D eigenvalue weighted by Crippen LogP contribution is 2.21. The Labute approximate surface area is 134 Å². The average Bonchev–Trinajstić information content (AvgIpc) is 2.37. The maximum absolute atomic E-state index is 12.1. The van der Waals surface area contributed by atoms with E-state index in [9.17, 15) is 9.59 Å². The van der Waals surface area contributed by atoms with Crippen molar-refractivity contribution in [2.75, 3.05) is 10.6 Å². The molecule has 0 saturated carbocycles. The summed E-state index contributed by atoms with van der Waals surface area (Å²) >= 11 is 9.19. The average molecular weight is 369 g/mol.